The lowest BCUT2D eigenvalue weighted by Crippen LogP contribution is -2.29. The van der Waals surface area contributed by atoms with Crippen molar-refractivity contribution in [3.63, 3.8) is 0 Å². The number of fused-ring (bicyclic) bond motifs is 1. The molecule has 2 heteroatoms. The molecule has 2 atom stereocenters. The Hall–Kier alpha value is -1.38. The lowest BCUT2D eigenvalue weighted by molar-refractivity contribution is 0.0517. The molecule has 112 valence electrons. The lowest BCUT2D eigenvalue weighted by Gasteiger charge is -2.30. The lowest BCUT2D eigenvalue weighted by atomic mass is 9.80. The van der Waals surface area contributed by atoms with Crippen LogP contribution in [0.15, 0.2) is 42.5 Å². The average molecular weight is 283 g/mol. The molecular formula is C19H25NO. The Kier molecular flexibility index (Phi) is 4.89. The van der Waals surface area contributed by atoms with Crippen LogP contribution < -0.4 is 5.73 Å². The maximum atomic E-state index is 6.04. The van der Waals surface area contributed by atoms with Gasteiger partial charge in [-0.25, -0.2) is 0 Å². The van der Waals surface area contributed by atoms with Crippen LogP contribution in [0.3, 0.4) is 0 Å². The molecule has 0 aromatic heterocycles. The van der Waals surface area contributed by atoms with Gasteiger partial charge >= 0.3 is 0 Å². The number of ether oxygens (including phenoxy) is 1. The predicted molar refractivity (Wildman–Crippen MR) is 88.1 cm³/mol. The van der Waals surface area contributed by atoms with Gasteiger partial charge in [0.15, 0.2) is 0 Å². The van der Waals surface area contributed by atoms with Gasteiger partial charge in [-0.2, -0.15) is 0 Å². The monoisotopic (exact) mass is 283 g/mol. The van der Waals surface area contributed by atoms with Crippen molar-refractivity contribution in [2.45, 2.75) is 32.3 Å². The van der Waals surface area contributed by atoms with E-state index in [4.69, 9.17) is 10.5 Å². The molecule has 1 saturated carbocycles. The summed E-state index contributed by atoms with van der Waals surface area (Å²) in [5.41, 5.74) is 7.18. The molecule has 2 nitrogen and oxygen atoms in total. The van der Waals surface area contributed by atoms with Gasteiger partial charge in [0.05, 0.1) is 13.2 Å². The fourth-order valence-electron chi connectivity index (χ4n) is 3.55. The molecule has 1 fully saturated rings. The predicted octanol–water partition coefficient (Wildman–Crippen LogP) is 4.12. The van der Waals surface area contributed by atoms with Crippen LogP contribution >= 0.6 is 0 Å². The van der Waals surface area contributed by atoms with Gasteiger partial charge in [0.25, 0.3) is 0 Å². The summed E-state index contributed by atoms with van der Waals surface area (Å²) >= 11 is 0. The Balaban J connectivity index is 1.61. The van der Waals surface area contributed by atoms with Crippen LogP contribution in [-0.4, -0.2) is 13.2 Å². The number of benzene rings is 2. The first-order valence-corrected chi connectivity index (χ1v) is 8.13. The summed E-state index contributed by atoms with van der Waals surface area (Å²) in [5.74, 6) is 1.31. The van der Waals surface area contributed by atoms with Gasteiger partial charge in [0.1, 0.15) is 0 Å². The minimum atomic E-state index is 0.652. The third-order valence-corrected chi connectivity index (χ3v) is 4.84. The van der Waals surface area contributed by atoms with Gasteiger partial charge in [-0.15, -0.1) is 0 Å². The number of rotatable bonds is 5. The SMILES string of the molecule is NCC1CCCCC1COCc1cccc2ccccc12. The molecule has 0 spiro atoms. The number of hydrogen-bond donors (Lipinski definition) is 1. The van der Waals surface area contributed by atoms with Gasteiger partial charge in [-0.3, -0.25) is 0 Å². The van der Waals surface area contributed by atoms with E-state index in [0.29, 0.717) is 18.4 Å². The topological polar surface area (TPSA) is 35.2 Å². The van der Waals surface area contributed by atoms with Crippen LogP contribution in [0.25, 0.3) is 10.8 Å². The molecule has 0 bridgehead atoms. The molecule has 21 heavy (non-hydrogen) atoms. The zero-order chi connectivity index (χ0) is 14.5. The van der Waals surface area contributed by atoms with E-state index in [9.17, 15) is 0 Å². The molecule has 2 aromatic rings. The normalized spacial score (nSPS) is 22.5. The molecule has 0 aliphatic heterocycles. The Morgan fingerprint density at radius 3 is 2.57 bits per heavy atom. The standard InChI is InChI=1S/C19H25NO/c20-12-16-7-1-2-8-17(16)13-21-14-18-10-5-9-15-6-3-4-11-19(15)18/h3-6,9-11,16-17H,1-2,7-8,12-14,20H2. The van der Waals surface area contributed by atoms with E-state index in [2.05, 4.69) is 42.5 Å². The van der Waals surface area contributed by atoms with Crippen molar-refractivity contribution in [2.24, 2.45) is 17.6 Å². The van der Waals surface area contributed by atoms with Crippen LogP contribution in [0.5, 0.6) is 0 Å². The molecule has 2 unspecified atom stereocenters. The fraction of sp³-hybridized carbons (Fsp3) is 0.474. The minimum absolute atomic E-state index is 0.652. The van der Waals surface area contributed by atoms with Crippen molar-refractivity contribution >= 4 is 10.8 Å². The summed E-state index contributed by atoms with van der Waals surface area (Å²) in [6, 6.07) is 15.0. The zero-order valence-corrected chi connectivity index (χ0v) is 12.6. The summed E-state index contributed by atoms with van der Waals surface area (Å²) in [5, 5.41) is 2.59. The van der Waals surface area contributed by atoms with E-state index in [-0.39, 0.29) is 0 Å². The van der Waals surface area contributed by atoms with E-state index >= 15 is 0 Å². The first-order chi connectivity index (χ1) is 10.4. The van der Waals surface area contributed by atoms with Gasteiger partial charge in [0, 0.05) is 0 Å². The summed E-state index contributed by atoms with van der Waals surface area (Å²) < 4.78 is 6.04. The van der Waals surface area contributed by atoms with E-state index in [1.807, 2.05) is 0 Å². The highest BCUT2D eigenvalue weighted by Gasteiger charge is 2.23. The Bertz CT molecular complexity index is 575. The summed E-state index contributed by atoms with van der Waals surface area (Å²) in [6.45, 7) is 2.36. The maximum Gasteiger partial charge on any atom is 0.0723 e. The van der Waals surface area contributed by atoms with Gasteiger partial charge in [-0.05, 0) is 47.6 Å². The van der Waals surface area contributed by atoms with E-state index in [1.54, 1.807) is 0 Å². The van der Waals surface area contributed by atoms with Crippen molar-refractivity contribution in [3.8, 4) is 0 Å². The van der Waals surface area contributed by atoms with E-state index in [0.717, 1.165) is 13.2 Å². The van der Waals surface area contributed by atoms with E-state index in [1.165, 1.54) is 42.0 Å². The van der Waals surface area contributed by atoms with Crippen LogP contribution in [0.1, 0.15) is 31.2 Å². The van der Waals surface area contributed by atoms with Crippen molar-refractivity contribution in [1.29, 1.82) is 0 Å². The minimum Gasteiger partial charge on any atom is -0.376 e. The molecule has 3 rings (SSSR count). The van der Waals surface area contributed by atoms with Crippen molar-refractivity contribution in [1.82, 2.24) is 0 Å². The summed E-state index contributed by atoms with van der Waals surface area (Å²) in [7, 11) is 0. The largest absolute Gasteiger partial charge is 0.376 e. The summed E-state index contributed by atoms with van der Waals surface area (Å²) in [6.07, 6.45) is 5.22. The van der Waals surface area contributed by atoms with E-state index < -0.39 is 0 Å². The third kappa shape index (κ3) is 3.45. The van der Waals surface area contributed by atoms with Crippen molar-refractivity contribution < 1.29 is 4.74 Å². The quantitative estimate of drug-likeness (QED) is 0.895. The Labute approximate surface area is 127 Å². The second kappa shape index (κ2) is 7.06. The highest BCUT2D eigenvalue weighted by Crippen LogP contribution is 2.30. The maximum absolute atomic E-state index is 6.04. The number of nitrogens with two attached hydrogens (primary N) is 1. The van der Waals surface area contributed by atoms with Gasteiger partial charge < -0.3 is 10.5 Å². The highest BCUT2D eigenvalue weighted by atomic mass is 16.5. The highest BCUT2D eigenvalue weighted by molar-refractivity contribution is 5.85. The number of hydrogen-bond acceptors (Lipinski definition) is 2. The molecule has 2 aromatic carbocycles. The molecule has 1 aliphatic rings. The van der Waals surface area contributed by atoms with Gasteiger partial charge in [0.2, 0.25) is 0 Å². The fourth-order valence-corrected chi connectivity index (χ4v) is 3.55. The second-order valence-corrected chi connectivity index (χ2v) is 6.19. The molecule has 2 N–H and O–H groups in total. The molecule has 0 saturated heterocycles. The zero-order valence-electron chi connectivity index (χ0n) is 12.6. The smallest absolute Gasteiger partial charge is 0.0723 e. The van der Waals surface area contributed by atoms with Crippen LogP contribution in [-0.2, 0) is 11.3 Å². The van der Waals surface area contributed by atoms with Gasteiger partial charge in [-0.1, -0.05) is 55.3 Å². The second-order valence-electron chi connectivity index (χ2n) is 6.19. The average Bonchev–Trinajstić information content (AvgIpc) is 2.55. The molecular weight excluding hydrogens is 258 g/mol. The van der Waals surface area contributed by atoms with Crippen molar-refractivity contribution in [2.75, 3.05) is 13.2 Å². The molecule has 0 amide bonds. The third-order valence-electron chi connectivity index (χ3n) is 4.84. The molecule has 0 heterocycles. The molecule has 0 radical (unpaired) electrons. The van der Waals surface area contributed by atoms with Crippen LogP contribution in [0.2, 0.25) is 0 Å². The first kappa shape index (κ1) is 14.6. The van der Waals surface area contributed by atoms with Crippen LogP contribution in [0, 0.1) is 11.8 Å². The summed E-state index contributed by atoms with van der Waals surface area (Å²) in [4.78, 5) is 0. The first-order valence-electron chi connectivity index (χ1n) is 8.13. The molecule has 1 aliphatic carbocycles. The van der Waals surface area contributed by atoms with Crippen molar-refractivity contribution in [3.05, 3.63) is 48.0 Å². The van der Waals surface area contributed by atoms with Crippen LogP contribution in [0.4, 0.5) is 0 Å². The Morgan fingerprint density at radius 2 is 1.71 bits per heavy atom. The Morgan fingerprint density at radius 1 is 0.952 bits per heavy atom.